The Morgan fingerprint density at radius 2 is 1.15 bits per heavy atom. The van der Waals surface area contributed by atoms with Gasteiger partial charge in [0, 0.05) is 0 Å². The molecular formula is C29H40O3Sn. The largest absolute Gasteiger partial charge is 0.872 e. The standard InChI is InChI=1S/C11H8O3.3C6H11.Sn/c12-9-6-5-7-3-1-2-4-8(7)10(9)11(13)14;3*1-2-4-6-5-3-1;/h1-6,12H,(H,13,14);3*1H,2-6H2;/q;;;;+1/p-1. The van der Waals surface area contributed by atoms with Crippen LogP contribution in [-0.2, 0) is 0 Å². The molecule has 5 rings (SSSR count). The fourth-order valence-corrected chi connectivity index (χ4v) is 21.7. The van der Waals surface area contributed by atoms with Crippen molar-refractivity contribution >= 4 is 36.5 Å². The van der Waals surface area contributed by atoms with E-state index in [-0.39, 0.29) is 5.56 Å². The average Bonchev–Trinajstić information content (AvgIpc) is 2.86. The van der Waals surface area contributed by atoms with Gasteiger partial charge in [0.15, 0.2) is 0 Å². The molecule has 33 heavy (non-hydrogen) atoms. The first-order chi connectivity index (χ1) is 16.1. The first-order valence-corrected chi connectivity index (χ1v) is 18.4. The number of carbonyl (C=O) groups is 1. The zero-order chi connectivity index (χ0) is 23.0. The summed E-state index contributed by atoms with van der Waals surface area (Å²) in [5.41, 5.74) is -0.150. The van der Waals surface area contributed by atoms with Gasteiger partial charge in [-0.2, -0.15) is 0 Å². The van der Waals surface area contributed by atoms with Crippen molar-refractivity contribution in [2.24, 2.45) is 0 Å². The van der Waals surface area contributed by atoms with Crippen LogP contribution in [0.3, 0.4) is 0 Å². The van der Waals surface area contributed by atoms with Gasteiger partial charge in [-0.25, -0.2) is 4.79 Å². The number of benzene rings is 2. The van der Waals surface area contributed by atoms with E-state index in [1.807, 2.05) is 0 Å². The second-order valence-electron chi connectivity index (χ2n) is 10.5. The van der Waals surface area contributed by atoms with E-state index in [1.165, 1.54) is 17.9 Å². The molecule has 3 aliphatic carbocycles. The molecule has 3 saturated carbocycles. The van der Waals surface area contributed by atoms with Crippen molar-refractivity contribution in [2.75, 3.05) is 0 Å². The van der Waals surface area contributed by atoms with E-state index in [9.17, 15) is 9.90 Å². The molecule has 0 amide bonds. The van der Waals surface area contributed by atoms with Crippen LogP contribution >= 0.6 is 0 Å². The molecule has 4 heteroatoms. The summed E-state index contributed by atoms with van der Waals surface area (Å²) in [6.07, 6.45) is 24.2. The number of carboxylic acid groups (broad SMARTS) is 1. The quantitative estimate of drug-likeness (QED) is 0.388. The van der Waals surface area contributed by atoms with Crippen LogP contribution in [0.4, 0.5) is 0 Å². The van der Waals surface area contributed by atoms with Crippen LogP contribution in [-0.4, -0.2) is 30.8 Å². The Balaban J connectivity index is 0.000000165. The summed E-state index contributed by atoms with van der Waals surface area (Å²) in [6, 6.07) is 9.85. The first-order valence-electron chi connectivity index (χ1n) is 13.4. The Bertz CT molecular complexity index is 850. The molecule has 3 nitrogen and oxygen atoms in total. The molecule has 3 aliphatic rings. The van der Waals surface area contributed by atoms with Crippen molar-refractivity contribution in [3.05, 3.63) is 42.0 Å². The average molecular weight is 555 g/mol. The molecule has 1 N–H and O–H groups in total. The van der Waals surface area contributed by atoms with Crippen LogP contribution in [0, 0.1) is 0 Å². The Labute approximate surface area is 206 Å². The summed E-state index contributed by atoms with van der Waals surface area (Å²) in [7, 11) is 0. The van der Waals surface area contributed by atoms with E-state index in [2.05, 4.69) is 0 Å². The molecular weight excluding hydrogens is 515 g/mol. The first kappa shape index (κ1) is 24.9. The molecule has 2 aromatic rings. The van der Waals surface area contributed by atoms with Gasteiger partial charge in [0.25, 0.3) is 0 Å². The third-order valence-electron chi connectivity index (χ3n) is 8.33. The Morgan fingerprint density at radius 1 is 0.697 bits per heavy atom. The maximum Gasteiger partial charge on any atom is 0.335 e. The maximum absolute atomic E-state index is 11.3. The summed E-state index contributed by atoms with van der Waals surface area (Å²) >= 11 is -1.15. The molecule has 0 aliphatic heterocycles. The monoisotopic (exact) mass is 556 g/mol. The zero-order valence-corrected chi connectivity index (χ0v) is 22.9. The van der Waals surface area contributed by atoms with Gasteiger partial charge < -0.3 is 10.2 Å². The molecule has 0 bridgehead atoms. The van der Waals surface area contributed by atoms with Gasteiger partial charge in [0.1, 0.15) is 0 Å². The Morgan fingerprint density at radius 3 is 1.61 bits per heavy atom. The van der Waals surface area contributed by atoms with Gasteiger partial charge in [0.05, 0.1) is 5.56 Å². The van der Waals surface area contributed by atoms with Crippen LogP contribution < -0.4 is 5.11 Å². The number of aromatic carboxylic acids is 1. The minimum absolute atomic E-state index is 0.150. The molecule has 0 spiro atoms. The third-order valence-corrected chi connectivity index (χ3v) is 21.4. The Hall–Kier alpha value is -1.23. The summed E-state index contributed by atoms with van der Waals surface area (Å²) in [5.74, 6) is -1.62. The summed E-state index contributed by atoms with van der Waals surface area (Å²) in [5, 5.41) is 21.4. The SMILES string of the molecule is C1CC[CH]([Sn+]([CH]2CCCCC2)[CH]2CCCCC2)CC1.O=C(O)c1c([O-])ccc2ccccc12. The van der Waals surface area contributed by atoms with Crippen molar-refractivity contribution in [2.45, 2.75) is 108 Å². The normalized spacial score (nSPS) is 20.7. The Kier molecular flexibility index (Phi) is 9.40. The number of hydrogen-bond acceptors (Lipinski definition) is 2. The van der Waals surface area contributed by atoms with Crippen LogP contribution in [0.25, 0.3) is 10.8 Å². The molecule has 0 unspecified atom stereocenters. The summed E-state index contributed by atoms with van der Waals surface area (Å²) in [4.78, 5) is 10.8. The topological polar surface area (TPSA) is 60.4 Å². The molecule has 0 heterocycles. The molecule has 3 fully saturated rings. The number of hydrogen-bond donors (Lipinski definition) is 1. The van der Waals surface area contributed by atoms with Gasteiger partial charge in [-0.1, -0.05) is 42.1 Å². The predicted octanol–water partition coefficient (Wildman–Crippen LogP) is 8.10. The van der Waals surface area contributed by atoms with Crippen LogP contribution in [0.5, 0.6) is 5.75 Å². The molecule has 0 atom stereocenters. The third kappa shape index (κ3) is 6.46. The smallest absolute Gasteiger partial charge is 0.335 e. The second kappa shape index (κ2) is 12.5. The van der Waals surface area contributed by atoms with Gasteiger partial charge in [-0.3, -0.25) is 0 Å². The minimum Gasteiger partial charge on any atom is -0.872 e. The van der Waals surface area contributed by atoms with E-state index >= 15 is 0 Å². The van der Waals surface area contributed by atoms with Crippen molar-refractivity contribution in [3.63, 3.8) is 0 Å². The number of rotatable bonds is 4. The van der Waals surface area contributed by atoms with Crippen molar-refractivity contribution < 1.29 is 15.0 Å². The van der Waals surface area contributed by atoms with Crippen molar-refractivity contribution in [1.82, 2.24) is 0 Å². The van der Waals surface area contributed by atoms with E-state index in [4.69, 9.17) is 5.11 Å². The molecule has 0 radical (unpaired) electrons. The van der Waals surface area contributed by atoms with Crippen molar-refractivity contribution in [3.8, 4) is 5.75 Å². The summed E-state index contributed by atoms with van der Waals surface area (Å²) in [6.45, 7) is 0. The number of fused-ring (bicyclic) bond motifs is 1. The maximum atomic E-state index is 11.3. The molecule has 178 valence electrons. The fraction of sp³-hybridized carbons (Fsp3) is 0.621. The molecule has 0 aromatic heterocycles. The van der Waals surface area contributed by atoms with E-state index < -0.39 is 31.5 Å². The van der Waals surface area contributed by atoms with E-state index in [1.54, 1.807) is 127 Å². The van der Waals surface area contributed by atoms with Gasteiger partial charge in [0.2, 0.25) is 0 Å². The van der Waals surface area contributed by atoms with Gasteiger partial charge in [-0.15, -0.1) is 0 Å². The second-order valence-corrected chi connectivity index (χ2v) is 20.3. The molecule has 2 aromatic carbocycles. The van der Waals surface area contributed by atoms with Gasteiger partial charge in [-0.05, 0) is 10.8 Å². The van der Waals surface area contributed by atoms with Crippen molar-refractivity contribution in [1.29, 1.82) is 0 Å². The zero-order valence-electron chi connectivity index (χ0n) is 20.1. The van der Waals surface area contributed by atoms with Crippen LogP contribution in [0.2, 0.25) is 11.8 Å². The van der Waals surface area contributed by atoms with E-state index in [0.29, 0.717) is 5.39 Å². The molecule has 0 saturated heterocycles. The number of carboxylic acids is 1. The fourth-order valence-electron chi connectivity index (χ4n) is 6.78. The predicted molar refractivity (Wildman–Crippen MR) is 137 cm³/mol. The minimum atomic E-state index is -1.17. The van der Waals surface area contributed by atoms with Crippen LogP contribution in [0.15, 0.2) is 36.4 Å². The summed E-state index contributed by atoms with van der Waals surface area (Å²) < 4.78 is 3.96. The van der Waals surface area contributed by atoms with Crippen LogP contribution in [0.1, 0.15) is 107 Å². The van der Waals surface area contributed by atoms with E-state index in [0.717, 1.165) is 5.39 Å². The van der Waals surface area contributed by atoms with Gasteiger partial charge >= 0.3 is 134 Å².